The minimum absolute atomic E-state index is 0.0569. The molecule has 0 saturated carbocycles. The standard InChI is InChI=1S/C14H24N2O3S/c1-14(2,16(3)4)11-15-20(18,19)13-7-5-12(6-8-13)9-10-17/h5-8,15,17H,9-11H2,1-4H3. The predicted octanol–water partition coefficient (Wildman–Crippen LogP) is 0.840. The first kappa shape index (κ1) is 17.1. The van der Waals surface area contributed by atoms with Crippen molar-refractivity contribution >= 4 is 10.0 Å². The van der Waals surface area contributed by atoms with Crippen LogP contribution in [0.3, 0.4) is 0 Å². The fourth-order valence-corrected chi connectivity index (χ4v) is 2.68. The SMILES string of the molecule is CN(C)C(C)(C)CNS(=O)(=O)c1ccc(CCO)cc1. The highest BCUT2D eigenvalue weighted by atomic mass is 32.2. The van der Waals surface area contributed by atoms with Gasteiger partial charge in [0.1, 0.15) is 0 Å². The van der Waals surface area contributed by atoms with Gasteiger partial charge in [-0.2, -0.15) is 0 Å². The number of hydrogen-bond donors (Lipinski definition) is 2. The van der Waals surface area contributed by atoms with Gasteiger partial charge in [0.15, 0.2) is 0 Å². The molecule has 1 aromatic rings. The second-order valence-corrected chi connectivity index (χ2v) is 7.42. The lowest BCUT2D eigenvalue weighted by molar-refractivity contribution is 0.199. The number of sulfonamides is 1. The van der Waals surface area contributed by atoms with E-state index < -0.39 is 10.0 Å². The van der Waals surface area contributed by atoms with Gasteiger partial charge in [-0.1, -0.05) is 12.1 Å². The summed E-state index contributed by atoms with van der Waals surface area (Å²) in [5, 5.41) is 8.84. The quantitative estimate of drug-likeness (QED) is 0.783. The van der Waals surface area contributed by atoms with Crippen molar-refractivity contribution in [2.45, 2.75) is 30.7 Å². The van der Waals surface area contributed by atoms with Crippen LogP contribution in [-0.2, 0) is 16.4 Å². The van der Waals surface area contributed by atoms with Crippen LogP contribution in [-0.4, -0.2) is 51.2 Å². The van der Waals surface area contributed by atoms with Crippen LogP contribution >= 0.6 is 0 Å². The van der Waals surface area contributed by atoms with Gasteiger partial charge in [-0.3, -0.25) is 0 Å². The minimum Gasteiger partial charge on any atom is -0.396 e. The molecule has 20 heavy (non-hydrogen) atoms. The molecule has 5 nitrogen and oxygen atoms in total. The molecule has 0 heterocycles. The number of hydrogen-bond acceptors (Lipinski definition) is 4. The normalized spacial score (nSPS) is 12.9. The smallest absolute Gasteiger partial charge is 0.240 e. The van der Waals surface area contributed by atoms with Crippen molar-refractivity contribution in [1.29, 1.82) is 0 Å². The van der Waals surface area contributed by atoms with E-state index in [0.29, 0.717) is 13.0 Å². The molecule has 0 bridgehead atoms. The van der Waals surface area contributed by atoms with Crippen LogP contribution < -0.4 is 4.72 Å². The Morgan fingerprint density at radius 2 is 1.75 bits per heavy atom. The monoisotopic (exact) mass is 300 g/mol. The van der Waals surface area contributed by atoms with Gasteiger partial charge in [-0.15, -0.1) is 0 Å². The van der Waals surface area contributed by atoms with E-state index in [9.17, 15) is 8.42 Å². The predicted molar refractivity (Wildman–Crippen MR) is 80.2 cm³/mol. The summed E-state index contributed by atoms with van der Waals surface area (Å²) in [4.78, 5) is 2.22. The van der Waals surface area contributed by atoms with Gasteiger partial charge >= 0.3 is 0 Å². The third-order valence-electron chi connectivity index (χ3n) is 3.54. The van der Waals surface area contributed by atoms with Crippen molar-refractivity contribution in [3.63, 3.8) is 0 Å². The van der Waals surface area contributed by atoms with Gasteiger partial charge in [0.2, 0.25) is 10.0 Å². The summed E-state index contributed by atoms with van der Waals surface area (Å²) in [6.45, 7) is 4.34. The number of aliphatic hydroxyl groups is 1. The fraction of sp³-hybridized carbons (Fsp3) is 0.571. The molecule has 0 amide bonds. The maximum atomic E-state index is 12.2. The fourth-order valence-electron chi connectivity index (χ4n) is 1.48. The third-order valence-corrected chi connectivity index (χ3v) is 4.96. The first-order valence-corrected chi connectivity index (χ1v) is 8.04. The topological polar surface area (TPSA) is 69.6 Å². The largest absolute Gasteiger partial charge is 0.396 e. The highest BCUT2D eigenvalue weighted by Crippen LogP contribution is 2.13. The first-order chi connectivity index (χ1) is 9.19. The molecule has 2 N–H and O–H groups in total. The molecule has 0 saturated heterocycles. The van der Waals surface area contributed by atoms with Crippen LogP contribution in [0.4, 0.5) is 0 Å². The van der Waals surface area contributed by atoms with E-state index >= 15 is 0 Å². The van der Waals surface area contributed by atoms with Gasteiger partial charge in [-0.05, 0) is 52.1 Å². The molecule has 114 valence electrons. The molecule has 1 aromatic carbocycles. The molecule has 0 fully saturated rings. The molecule has 0 aliphatic rings. The molecule has 6 heteroatoms. The van der Waals surface area contributed by atoms with Gasteiger partial charge in [-0.25, -0.2) is 13.1 Å². The number of benzene rings is 1. The van der Waals surface area contributed by atoms with Gasteiger partial charge in [0.05, 0.1) is 4.90 Å². The number of nitrogens with one attached hydrogen (secondary N) is 1. The lowest BCUT2D eigenvalue weighted by Crippen LogP contribution is -2.48. The second-order valence-electron chi connectivity index (χ2n) is 5.65. The van der Waals surface area contributed by atoms with Crippen LogP contribution in [0.1, 0.15) is 19.4 Å². The summed E-state index contributed by atoms with van der Waals surface area (Å²) < 4.78 is 27.0. The van der Waals surface area contributed by atoms with E-state index in [4.69, 9.17) is 5.11 Å². The highest BCUT2D eigenvalue weighted by molar-refractivity contribution is 7.89. The average Bonchev–Trinajstić information content (AvgIpc) is 2.38. The summed E-state index contributed by atoms with van der Waals surface area (Å²) in [5.41, 5.74) is 0.657. The van der Waals surface area contributed by atoms with E-state index in [1.54, 1.807) is 24.3 Å². The number of likely N-dealkylation sites (N-methyl/N-ethyl adjacent to an activating group) is 1. The van der Waals surface area contributed by atoms with Crippen molar-refractivity contribution in [3.05, 3.63) is 29.8 Å². The minimum atomic E-state index is -3.50. The molecule has 0 spiro atoms. The molecule has 0 atom stereocenters. The Bertz CT molecular complexity index is 522. The molecule has 0 aromatic heterocycles. The zero-order chi connectivity index (χ0) is 15.4. The van der Waals surface area contributed by atoms with E-state index in [1.807, 2.05) is 32.8 Å². The Morgan fingerprint density at radius 3 is 2.20 bits per heavy atom. The second kappa shape index (κ2) is 6.67. The Hall–Kier alpha value is -0.950. The van der Waals surface area contributed by atoms with Crippen molar-refractivity contribution in [3.8, 4) is 0 Å². The van der Waals surface area contributed by atoms with Crippen molar-refractivity contribution in [1.82, 2.24) is 9.62 Å². The summed E-state index contributed by atoms with van der Waals surface area (Å²) >= 11 is 0. The van der Waals surface area contributed by atoms with E-state index in [2.05, 4.69) is 4.72 Å². The maximum absolute atomic E-state index is 12.2. The third kappa shape index (κ3) is 4.56. The van der Waals surface area contributed by atoms with Crippen LogP contribution in [0, 0.1) is 0 Å². The van der Waals surface area contributed by atoms with Crippen molar-refractivity contribution < 1.29 is 13.5 Å². The highest BCUT2D eigenvalue weighted by Gasteiger charge is 2.24. The number of nitrogens with zero attached hydrogens (tertiary/aromatic N) is 1. The molecule has 0 aliphatic heterocycles. The molecular weight excluding hydrogens is 276 g/mol. The molecule has 1 rings (SSSR count). The van der Waals surface area contributed by atoms with Crippen LogP contribution in [0.25, 0.3) is 0 Å². The molecule has 0 radical (unpaired) electrons. The summed E-state index contributed by atoms with van der Waals surface area (Å²) in [7, 11) is 0.331. The lowest BCUT2D eigenvalue weighted by atomic mass is 10.1. The summed E-state index contributed by atoms with van der Waals surface area (Å²) in [6.07, 6.45) is 0.529. The van der Waals surface area contributed by atoms with E-state index in [-0.39, 0.29) is 17.0 Å². The van der Waals surface area contributed by atoms with Gasteiger partial charge in [0, 0.05) is 18.7 Å². The Morgan fingerprint density at radius 1 is 1.20 bits per heavy atom. The van der Waals surface area contributed by atoms with Crippen LogP contribution in [0.5, 0.6) is 0 Å². The van der Waals surface area contributed by atoms with E-state index in [0.717, 1.165) is 5.56 Å². The number of aliphatic hydroxyl groups excluding tert-OH is 1. The van der Waals surface area contributed by atoms with Crippen molar-refractivity contribution in [2.75, 3.05) is 27.2 Å². The number of rotatable bonds is 7. The Labute approximate surface area is 121 Å². The van der Waals surface area contributed by atoms with Gasteiger partial charge < -0.3 is 10.0 Å². The Balaban J connectivity index is 2.79. The zero-order valence-corrected chi connectivity index (χ0v) is 13.4. The summed E-state index contributed by atoms with van der Waals surface area (Å²) in [6, 6.07) is 6.58. The Kier molecular flexibility index (Phi) is 5.70. The van der Waals surface area contributed by atoms with Crippen LogP contribution in [0.15, 0.2) is 29.2 Å². The molecule has 0 unspecified atom stereocenters. The maximum Gasteiger partial charge on any atom is 0.240 e. The van der Waals surface area contributed by atoms with Gasteiger partial charge in [0.25, 0.3) is 0 Å². The first-order valence-electron chi connectivity index (χ1n) is 6.56. The van der Waals surface area contributed by atoms with E-state index in [1.165, 1.54) is 0 Å². The zero-order valence-electron chi connectivity index (χ0n) is 12.5. The lowest BCUT2D eigenvalue weighted by Gasteiger charge is -2.32. The average molecular weight is 300 g/mol. The molecule has 0 aliphatic carbocycles. The molecular formula is C14H24N2O3S. The van der Waals surface area contributed by atoms with Crippen molar-refractivity contribution in [2.24, 2.45) is 0 Å². The summed E-state index contributed by atoms with van der Waals surface area (Å²) in [5.74, 6) is 0. The van der Waals surface area contributed by atoms with Crippen LogP contribution in [0.2, 0.25) is 0 Å².